The van der Waals surface area contributed by atoms with Crippen molar-refractivity contribution >= 4 is 10.1 Å². The quantitative estimate of drug-likeness (QED) is 0.698. The topological polar surface area (TPSA) is 57.2 Å². The molecule has 0 heterocycles. The molecule has 0 unspecified atom stereocenters. The molecule has 0 aliphatic carbocycles. The van der Waals surface area contributed by atoms with Gasteiger partial charge in [-0.3, -0.25) is 0 Å². The lowest BCUT2D eigenvalue weighted by Crippen LogP contribution is -1.96. The molecule has 1 aromatic rings. The van der Waals surface area contributed by atoms with Crippen molar-refractivity contribution in [3.63, 3.8) is 0 Å². The fraction of sp³-hybridized carbons (Fsp3) is 0.455. The van der Waals surface area contributed by atoms with Crippen molar-refractivity contribution in [2.24, 2.45) is 0 Å². The summed E-state index contributed by atoms with van der Waals surface area (Å²) in [6.45, 7) is 8.25. The Morgan fingerprint density at radius 2 is 1.40 bits per heavy atom. The van der Waals surface area contributed by atoms with E-state index in [2.05, 4.69) is 13.8 Å². The Morgan fingerprint density at radius 1 is 1.07 bits per heavy atom. The van der Waals surface area contributed by atoms with Crippen molar-refractivity contribution in [1.29, 1.82) is 0 Å². The van der Waals surface area contributed by atoms with Gasteiger partial charge in [0.05, 0.1) is 4.90 Å². The third-order valence-corrected chi connectivity index (χ3v) is 1.88. The Bertz CT molecular complexity index is 317. The van der Waals surface area contributed by atoms with Crippen LogP contribution < -0.4 is 0 Å². The minimum atomic E-state index is -4.25. The van der Waals surface area contributed by atoms with Crippen molar-refractivity contribution in [2.75, 3.05) is 0 Å². The van der Waals surface area contributed by atoms with Crippen molar-refractivity contribution in [3.05, 3.63) is 30.3 Å². The normalized spacial score (nSPS) is 9.13. The molecule has 1 aromatic carbocycles. The molecular weight excluding hydrogens is 212 g/mol. The largest absolute Gasteiger partial charge is 0.744 e. The molecule has 0 N–H and O–H groups in total. The fourth-order valence-electron chi connectivity index (χ4n) is 0.587. The molecule has 0 spiro atoms. The Balaban J connectivity index is 0. The van der Waals surface area contributed by atoms with E-state index in [-0.39, 0.29) is 4.90 Å². The predicted octanol–water partition coefficient (Wildman–Crippen LogP) is 3.03. The second-order valence-electron chi connectivity index (χ2n) is 2.47. The Hall–Kier alpha value is -0.870. The first kappa shape index (κ1) is 16.6. The second-order valence-corrected chi connectivity index (χ2v) is 3.85. The van der Waals surface area contributed by atoms with Crippen LogP contribution in [0.1, 0.15) is 34.1 Å². The van der Waals surface area contributed by atoms with Crippen molar-refractivity contribution in [1.82, 2.24) is 0 Å². The van der Waals surface area contributed by atoms with E-state index < -0.39 is 10.1 Å². The van der Waals surface area contributed by atoms with E-state index in [4.69, 9.17) is 0 Å². The lowest BCUT2D eigenvalue weighted by Gasteiger charge is -2.04. The van der Waals surface area contributed by atoms with Gasteiger partial charge in [-0.25, -0.2) is 8.42 Å². The molecule has 4 heteroatoms. The molecule has 0 fully saturated rings. The molecule has 1 rings (SSSR count). The molecule has 15 heavy (non-hydrogen) atoms. The molecule has 0 bridgehead atoms. The maximum Gasteiger partial charge on any atom is 0.124 e. The van der Waals surface area contributed by atoms with E-state index in [0.717, 1.165) is 0 Å². The Morgan fingerprint density at radius 3 is 1.60 bits per heavy atom. The zero-order chi connectivity index (χ0) is 12.3. The van der Waals surface area contributed by atoms with Crippen LogP contribution in [-0.4, -0.2) is 13.0 Å². The average molecular weight is 231 g/mol. The minimum absolute atomic E-state index is 0.185. The smallest absolute Gasteiger partial charge is 0.124 e. The zero-order valence-corrected chi connectivity index (χ0v) is 10.5. The van der Waals surface area contributed by atoms with E-state index in [1.807, 2.05) is 13.8 Å². The Kier molecular flexibility index (Phi) is 10.7. The minimum Gasteiger partial charge on any atom is -0.744 e. The molecule has 0 aliphatic rings. The van der Waals surface area contributed by atoms with Crippen LogP contribution >= 0.6 is 0 Å². The third kappa shape index (κ3) is 9.43. The van der Waals surface area contributed by atoms with Gasteiger partial charge in [-0.2, -0.15) is 0 Å². The summed E-state index contributed by atoms with van der Waals surface area (Å²) in [4.78, 5) is -0.185. The van der Waals surface area contributed by atoms with Gasteiger partial charge < -0.3 is 4.55 Å². The second kappa shape index (κ2) is 9.68. The maximum absolute atomic E-state index is 10.3. The molecule has 0 amide bonds. The summed E-state index contributed by atoms with van der Waals surface area (Å²) in [7, 11) is -4.25. The van der Waals surface area contributed by atoms with Crippen LogP contribution in [0.2, 0.25) is 0 Å². The van der Waals surface area contributed by atoms with Crippen molar-refractivity contribution in [3.8, 4) is 0 Å². The van der Waals surface area contributed by atoms with Crippen LogP contribution in [0.4, 0.5) is 0 Å². The van der Waals surface area contributed by atoms with Gasteiger partial charge in [0.15, 0.2) is 0 Å². The highest BCUT2D eigenvalue weighted by atomic mass is 32.2. The van der Waals surface area contributed by atoms with E-state index in [1.54, 1.807) is 6.07 Å². The summed E-state index contributed by atoms with van der Waals surface area (Å²) in [6, 6.07) is 7.19. The van der Waals surface area contributed by atoms with Gasteiger partial charge >= 0.3 is 0 Å². The highest BCUT2D eigenvalue weighted by molar-refractivity contribution is 7.85. The molecule has 88 valence electrons. The van der Waals surface area contributed by atoms with E-state index in [1.165, 1.54) is 30.7 Å². The average Bonchev–Trinajstić information content (AvgIpc) is 2.22. The van der Waals surface area contributed by atoms with Crippen molar-refractivity contribution in [2.45, 2.75) is 39.0 Å². The van der Waals surface area contributed by atoms with Gasteiger partial charge in [0.25, 0.3) is 0 Å². The third-order valence-electron chi connectivity index (χ3n) is 1.03. The number of benzene rings is 1. The van der Waals surface area contributed by atoms with Gasteiger partial charge in [0, 0.05) is 0 Å². The van der Waals surface area contributed by atoms with Crippen LogP contribution in [0.5, 0.6) is 0 Å². The highest BCUT2D eigenvalue weighted by Crippen LogP contribution is 2.04. The lowest BCUT2D eigenvalue weighted by molar-refractivity contribution is 0.463. The van der Waals surface area contributed by atoms with Crippen LogP contribution in [0, 0.1) is 0 Å². The molecule has 0 aliphatic heterocycles. The molecule has 0 aromatic heterocycles. The van der Waals surface area contributed by atoms with Gasteiger partial charge in [-0.05, 0) is 12.1 Å². The molecule has 0 saturated heterocycles. The van der Waals surface area contributed by atoms with Gasteiger partial charge in [-0.15, -0.1) is 0 Å². The van der Waals surface area contributed by atoms with Gasteiger partial charge in [0.2, 0.25) is 0 Å². The summed E-state index contributed by atoms with van der Waals surface area (Å²) in [5.41, 5.74) is 0. The molecule has 0 atom stereocenters. The summed E-state index contributed by atoms with van der Waals surface area (Å²) >= 11 is 0. The Labute approximate surface area is 92.9 Å². The first-order valence-corrected chi connectivity index (χ1v) is 6.44. The SMILES string of the molecule is CC.CCC.O=S(=O)([O-])c1ccccc1. The number of hydrogen-bond donors (Lipinski definition) is 0. The molecule has 3 nitrogen and oxygen atoms in total. The summed E-state index contributed by atoms with van der Waals surface area (Å²) in [5, 5.41) is 0. The number of hydrogen-bond acceptors (Lipinski definition) is 3. The van der Waals surface area contributed by atoms with Gasteiger partial charge in [-0.1, -0.05) is 52.3 Å². The first-order valence-electron chi connectivity index (χ1n) is 5.03. The monoisotopic (exact) mass is 231 g/mol. The van der Waals surface area contributed by atoms with Crippen LogP contribution in [-0.2, 0) is 10.1 Å². The highest BCUT2D eigenvalue weighted by Gasteiger charge is 1.95. The maximum atomic E-state index is 10.3. The lowest BCUT2D eigenvalue weighted by atomic mass is 10.4. The summed E-state index contributed by atoms with van der Waals surface area (Å²) < 4.78 is 30.8. The summed E-state index contributed by atoms with van der Waals surface area (Å²) in [5.74, 6) is 0. The molecular formula is C11H19O3S-. The predicted molar refractivity (Wildman–Crippen MR) is 61.7 cm³/mol. The molecule has 0 saturated carbocycles. The van der Waals surface area contributed by atoms with Crippen molar-refractivity contribution < 1.29 is 13.0 Å². The van der Waals surface area contributed by atoms with Crippen LogP contribution in [0.15, 0.2) is 35.2 Å². The number of rotatable bonds is 1. The standard InChI is InChI=1S/C6H6O3S.C3H8.C2H6/c7-10(8,9)6-4-2-1-3-5-6;1-3-2;1-2/h1-5H,(H,7,8,9);3H2,1-2H3;1-2H3/p-1. The van der Waals surface area contributed by atoms with Crippen LogP contribution in [0.3, 0.4) is 0 Å². The van der Waals surface area contributed by atoms with Crippen LogP contribution in [0.25, 0.3) is 0 Å². The van der Waals surface area contributed by atoms with E-state index >= 15 is 0 Å². The summed E-state index contributed by atoms with van der Waals surface area (Å²) in [6.07, 6.45) is 1.25. The van der Waals surface area contributed by atoms with E-state index in [9.17, 15) is 13.0 Å². The molecule has 0 radical (unpaired) electrons. The fourth-order valence-corrected chi connectivity index (χ4v) is 1.08. The first-order chi connectivity index (χ1) is 7.02. The zero-order valence-electron chi connectivity index (χ0n) is 9.73. The van der Waals surface area contributed by atoms with Gasteiger partial charge in [0.1, 0.15) is 10.1 Å². The van der Waals surface area contributed by atoms with E-state index in [0.29, 0.717) is 0 Å².